The third-order valence-electron chi connectivity index (χ3n) is 4.47. The highest BCUT2D eigenvalue weighted by atomic mass is 16.2. The van der Waals surface area contributed by atoms with Crippen LogP contribution in [0.2, 0.25) is 0 Å². The first kappa shape index (κ1) is 15.3. The lowest BCUT2D eigenvalue weighted by molar-refractivity contribution is -0.118. The number of rotatable bonds is 3. The molecule has 3 aromatic rings. The smallest absolute Gasteiger partial charge is 0.248 e. The van der Waals surface area contributed by atoms with Gasteiger partial charge in [-0.05, 0) is 31.2 Å². The maximum Gasteiger partial charge on any atom is 0.248 e. The third kappa shape index (κ3) is 2.63. The summed E-state index contributed by atoms with van der Waals surface area (Å²) in [4.78, 5) is 21.7. The minimum absolute atomic E-state index is 0.111. The molecule has 0 radical (unpaired) electrons. The summed E-state index contributed by atoms with van der Waals surface area (Å²) >= 11 is 0. The van der Waals surface area contributed by atoms with E-state index >= 15 is 0 Å². The number of aromatic nitrogens is 4. The van der Waals surface area contributed by atoms with Crippen LogP contribution in [0, 0.1) is 5.92 Å². The molecule has 0 saturated carbocycles. The largest absolute Gasteiger partial charge is 0.353 e. The molecule has 3 heterocycles. The summed E-state index contributed by atoms with van der Waals surface area (Å²) in [7, 11) is 1.96. The van der Waals surface area contributed by atoms with Gasteiger partial charge >= 0.3 is 0 Å². The molecule has 0 saturated heterocycles. The van der Waals surface area contributed by atoms with E-state index in [1.54, 1.807) is 4.68 Å². The molecule has 0 aliphatic carbocycles. The number of nitrogens with zero attached hydrogens (tertiary/aromatic N) is 5. The maximum absolute atomic E-state index is 13.1. The molecule has 1 aliphatic rings. The number of para-hydroxylation sites is 1. The van der Waals surface area contributed by atoms with E-state index in [-0.39, 0.29) is 11.9 Å². The monoisotopic (exact) mass is 334 g/mol. The molecule has 1 aromatic carbocycles. The molecule has 4 rings (SSSR count). The van der Waals surface area contributed by atoms with Gasteiger partial charge in [0.1, 0.15) is 18.3 Å². The molecule has 2 unspecified atom stereocenters. The Bertz CT molecular complexity index is 939. The van der Waals surface area contributed by atoms with Crippen molar-refractivity contribution in [1.29, 1.82) is 0 Å². The Hall–Kier alpha value is -3.22. The van der Waals surface area contributed by atoms with Crippen LogP contribution in [0.25, 0.3) is 0 Å². The van der Waals surface area contributed by atoms with Gasteiger partial charge in [0.05, 0.1) is 0 Å². The Labute approximate surface area is 145 Å². The van der Waals surface area contributed by atoms with Crippen LogP contribution in [0.5, 0.6) is 0 Å². The van der Waals surface area contributed by atoms with Crippen molar-refractivity contribution in [2.24, 2.45) is 18.0 Å². The second-order valence-corrected chi connectivity index (χ2v) is 6.08. The SMILES string of the molecule is CC1=Nc2ncnn2C(c2cccn2C)C1C(=O)Nc1ccccc1. The summed E-state index contributed by atoms with van der Waals surface area (Å²) in [5.74, 6) is -0.0599. The molecule has 2 aromatic heterocycles. The normalized spacial score (nSPS) is 19.2. The zero-order chi connectivity index (χ0) is 17.4. The van der Waals surface area contributed by atoms with Gasteiger partial charge in [-0.25, -0.2) is 9.67 Å². The lowest BCUT2D eigenvalue weighted by Crippen LogP contribution is -2.39. The van der Waals surface area contributed by atoms with Crippen molar-refractivity contribution in [2.75, 3.05) is 5.32 Å². The van der Waals surface area contributed by atoms with Crippen molar-refractivity contribution in [3.8, 4) is 0 Å². The van der Waals surface area contributed by atoms with Crippen molar-refractivity contribution < 1.29 is 4.79 Å². The molecule has 7 nitrogen and oxygen atoms in total. The van der Waals surface area contributed by atoms with Crippen LogP contribution >= 0.6 is 0 Å². The number of aliphatic imine (C=N–C) groups is 1. The average molecular weight is 334 g/mol. The van der Waals surface area contributed by atoms with Crippen molar-refractivity contribution in [3.63, 3.8) is 0 Å². The zero-order valence-electron chi connectivity index (χ0n) is 14.0. The van der Waals surface area contributed by atoms with Gasteiger partial charge in [0.25, 0.3) is 0 Å². The Morgan fingerprint density at radius 1 is 1.16 bits per heavy atom. The lowest BCUT2D eigenvalue weighted by atomic mass is 9.90. The molecule has 1 amide bonds. The Kier molecular flexibility index (Phi) is 3.68. The number of nitrogens with one attached hydrogen (secondary N) is 1. The molecule has 1 N–H and O–H groups in total. The van der Waals surface area contributed by atoms with E-state index in [1.807, 2.05) is 67.2 Å². The molecule has 1 aliphatic heterocycles. The number of carbonyl (C=O) groups excluding carboxylic acids is 1. The standard InChI is InChI=1S/C18H18N6O/c1-12-15(17(25)22-13-7-4-3-5-8-13)16(14-9-6-10-23(14)2)24-18(21-12)19-11-20-24/h3-11,15-16H,1-2H3,(H,22,25). The lowest BCUT2D eigenvalue weighted by Gasteiger charge is -2.30. The number of fused-ring (bicyclic) bond motifs is 1. The van der Waals surface area contributed by atoms with E-state index in [1.165, 1.54) is 6.33 Å². The van der Waals surface area contributed by atoms with Crippen molar-refractivity contribution in [1.82, 2.24) is 19.3 Å². The molecule has 25 heavy (non-hydrogen) atoms. The van der Waals surface area contributed by atoms with Gasteiger partial charge in [-0.15, -0.1) is 0 Å². The number of anilines is 1. The van der Waals surface area contributed by atoms with Gasteiger partial charge in [0.2, 0.25) is 11.9 Å². The van der Waals surface area contributed by atoms with E-state index in [2.05, 4.69) is 20.4 Å². The van der Waals surface area contributed by atoms with Crippen molar-refractivity contribution in [3.05, 3.63) is 60.7 Å². The number of hydrogen-bond acceptors (Lipinski definition) is 4. The quantitative estimate of drug-likeness (QED) is 0.800. The number of amides is 1. The van der Waals surface area contributed by atoms with Crippen molar-refractivity contribution >= 4 is 23.3 Å². The predicted octanol–water partition coefficient (Wildman–Crippen LogP) is 2.57. The molecule has 0 fully saturated rings. The van der Waals surface area contributed by atoms with Crippen LogP contribution in [-0.2, 0) is 11.8 Å². The van der Waals surface area contributed by atoms with Gasteiger partial charge in [-0.2, -0.15) is 10.1 Å². The van der Waals surface area contributed by atoms with E-state index in [0.717, 1.165) is 17.1 Å². The predicted molar refractivity (Wildman–Crippen MR) is 94.9 cm³/mol. The molecule has 0 bridgehead atoms. The van der Waals surface area contributed by atoms with Crippen LogP contribution in [0.15, 0.2) is 60.0 Å². The summed E-state index contributed by atoms with van der Waals surface area (Å²) in [5, 5.41) is 7.30. The van der Waals surface area contributed by atoms with Gasteiger partial charge in [0.15, 0.2) is 0 Å². The van der Waals surface area contributed by atoms with E-state index in [9.17, 15) is 4.79 Å². The number of aryl methyl sites for hydroxylation is 1. The average Bonchev–Trinajstić information content (AvgIpc) is 3.23. The number of hydrogen-bond donors (Lipinski definition) is 1. The fourth-order valence-corrected chi connectivity index (χ4v) is 3.27. The summed E-state index contributed by atoms with van der Waals surface area (Å²) in [6.07, 6.45) is 3.43. The second-order valence-electron chi connectivity index (χ2n) is 6.08. The molecule has 7 heteroatoms. The van der Waals surface area contributed by atoms with E-state index in [4.69, 9.17) is 0 Å². The molecule has 0 spiro atoms. The summed E-state index contributed by atoms with van der Waals surface area (Å²) in [5.41, 5.74) is 2.46. The number of benzene rings is 1. The van der Waals surface area contributed by atoms with E-state index in [0.29, 0.717) is 5.95 Å². The minimum Gasteiger partial charge on any atom is -0.353 e. The summed E-state index contributed by atoms with van der Waals surface area (Å²) in [6.45, 7) is 1.86. The first-order chi connectivity index (χ1) is 12.1. The Morgan fingerprint density at radius 2 is 1.96 bits per heavy atom. The van der Waals surface area contributed by atoms with Gasteiger partial charge in [0, 0.05) is 30.3 Å². The van der Waals surface area contributed by atoms with Crippen LogP contribution < -0.4 is 5.32 Å². The van der Waals surface area contributed by atoms with Crippen LogP contribution in [0.1, 0.15) is 18.7 Å². The highest BCUT2D eigenvalue weighted by Crippen LogP contribution is 2.35. The molecular weight excluding hydrogens is 316 g/mol. The second kappa shape index (κ2) is 6.01. The minimum atomic E-state index is -0.469. The molecule has 2 atom stereocenters. The van der Waals surface area contributed by atoms with Gasteiger partial charge < -0.3 is 9.88 Å². The van der Waals surface area contributed by atoms with Crippen LogP contribution in [0.3, 0.4) is 0 Å². The van der Waals surface area contributed by atoms with Gasteiger partial charge in [-0.1, -0.05) is 18.2 Å². The fraction of sp³-hybridized carbons (Fsp3) is 0.222. The summed E-state index contributed by atoms with van der Waals surface area (Å²) in [6, 6.07) is 13.1. The third-order valence-corrected chi connectivity index (χ3v) is 4.47. The first-order valence-corrected chi connectivity index (χ1v) is 8.07. The van der Waals surface area contributed by atoms with Gasteiger partial charge in [-0.3, -0.25) is 4.79 Å². The first-order valence-electron chi connectivity index (χ1n) is 8.07. The van der Waals surface area contributed by atoms with Crippen LogP contribution in [0.4, 0.5) is 11.6 Å². The molecular formula is C18H18N6O. The van der Waals surface area contributed by atoms with Crippen LogP contribution in [-0.4, -0.2) is 31.0 Å². The maximum atomic E-state index is 13.1. The van der Waals surface area contributed by atoms with Crippen molar-refractivity contribution in [2.45, 2.75) is 13.0 Å². The summed E-state index contributed by atoms with van der Waals surface area (Å²) < 4.78 is 3.72. The topological polar surface area (TPSA) is 77.1 Å². The van der Waals surface area contributed by atoms with E-state index < -0.39 is 5.92 Å². The molecule has 126 valence electrons. The zero-order valence-corrected chi connectivity index (χ0v) is 14.0. The Balaban J connectivity index is 1.76. The highest BCUT2D eigenvalue weighted by molar-refractivity contribution is 6.10. The Morgan fingerprint density at radius 3 is 2.68 bits per heavy atom. The highest BCUT2D eigenvalue weighted by Gasteiger charge is 2.39. The fourth-order valence-electron chi connectivity index (χ4n) is 3.27. The number of carbonyl (C=O) groups is 1.